The molecule has 4 aromatic rings. The third kappa shape index (κ3) is 6.89. The van der Waals surface area contributed by atoms with E-state index in [1.807, 2.05) is 36.4 Å². The second-order valence-corrected chi connectivity index (χ2v) is 11.4. The molecular formula is C33H38N4O4. The Hall–Kier alpha value is -4.30. The molecule has 1 aliphatic rings. The molecule has 0 aliphatic carbocycles. The Morgan fingerprint density at radius 1 is 0.951 bits per heavy atom. The van der Waals surface area contributed by atoms with Crippen LogP contribution in [-0.4, -0.2) is 49.3 Å². The van der Waals surface area contributed by atoms with Crippen molar-refractivity contribution in [1.29, 1.82) is 0 Å². The van der Waals surface area contributed by atoms with E-state index in [0.29, 0.717) is 28.7 Å². The van der Waals surface area contributed by atoms with Gasteiger partial charge in [0.2, 0.25) is 0 Å². The van der Waals surface area contributed by atoms with Crippen LogP contribution in [0, 0.1) is 0 Å². The summed E-state index contributed by atoms with van der Waals surface area (Å²) in [4.78, 5) is 19.5. The zero-order valence-electron chi connectivity index (χ0n) is 24.4. The van der Waals surface area contributed by atoms with Crippen LogP contribution in [0.4, 0.5) is 10.5 Å². The number of aromatic nitrogens is 1. The standard InChI is InChI=1S/C33H38N4O4/c1-33(2,3)23-8-6-22(7-9-23)20-37-17-15-25(21-37)36-32(38)35-24-10-12-26(13-11-24)41-29-14-16-34-28-19-31(40-5)30(39-4)18-27(28)29/h6-14,16,18-19,25H,15,17,20-21H2,1-5H3,(H2,35,36,38). The molecular weight excluding hydrogens is 516 g/mol. The van der Waals surface area contributed by atoms with E-state index in [0.717, 1.165) is 37.0 Å². The Morgan fingerprint density at radius 3 is 2.34 bits per heavy atom. The normalized spacial score (nSPS) is 15.5. The highest BCUT2D eigenvalue weighted by Gasteiger charge is 2.24. The number of pyridine rings is 1. The molecule has 1 aromatic heterocycles. The van der Waals surface area contributed by atoms with Crippen LogP contribution in [0.25, 0.3) is 10.9 Å². The average Bonchev–Trinajstić information content (AvgIpc) is 3.39. The molecule has 8 nitrogen and oxygen atoms in total. The fourth-order valence-corrected chi connectivity index (χ4v) is 5.08. The van der Waals surface area contributed by atoms with Crippen molar-refractivity contribution in [3.8, 4) is 23.0 Å². The van der Waals surface area contributed by atoms with Gasteiger partial charge in [0.25, 0.3) is 0 Å². The molecule has 2 amide bonds. The van der Waals surface area contributed by atoms with E-state index in [9.17, 15) is 4.79 Å². The van der Waals surface area contributed by atoms with Gasteiger partial charge in [0.05, 0.1) is 19.7 Å². The second-order valence-electron chi connectivity index (χ2n) is 11.4. The first-order valence-electron chi connectivity index (χ1n) is 13.9. The molecule has 0 bridgehead atoms. The van der Waals surface area contributed by atoms with Crippen LogP contribution in [0.3, 0.4) is 0 Å². The number of ether oxygens (including phenoxy) is 3. The van der Waals surface area contributed by atoms with Crippen molar-refractivity contribution in [2.75, 3.05) is 32.6 Å². The number of methoxy groups -OCH3 is 2. The summed E-state index contributed by atoms with van der Waals surface area (Å²) in [5.41, 5.74) is 4.21. The first kappa shape index (κ1) is 28.2. The molecule has 0 radical (unpaired) electrons. The number of anilines is 1. The van der Waals surface area contributed by atoms with Crippen LogP contribution >= 0.6 is 0 Å². The number of benzene rings is 3. The zero-order chi connectivity index (χ0) is 29.0. The predicted octanol–water partition coefficient (Wildman–Crippen LogP) is 6.74. The van der Waals surface area contributed by atoms with Gasteiger partial charge in [-0.2, -0.15) is 0 Å². The average molecular weight is 555 g/mol. The lowest BCUT2D eigenvalue weighted by Gasteiger charge is -2.20. The van der Waals surface area contributed by atoms with E-state index < -0.39 is 0 Å². The third-order valence-corrected chi connectivity index (χ3v) is 7.38. The van der Waals surface area contributed by atoms with Gasteiger partial charge in [-0.15, -0.1) is 0 Å². The van der Waals surface area contributed by atoms with Crippen molar-refractivity contribution >= 4 is 22.6 Å². The number of urea groups is 1. The van der Waals surface area contributed by atoms with Crippen LogP contribution in [0.2, 0.25) is 0 Å². The quantitative estimate of drug-likeness (QED) is 0.251. The van der Waals surface area contributed by atoms with E-state index in [1.54, 1.807) is 26.5 Å². The molecule has 2 heterocycles. The van der Waals surface area contributed by atoms with Crippen LogP contribution in [0.15, 0.2) is 72.9 Å². The van der Waals surface area contributed by atoms with Gasteiger partial charge in [-0.1, -0.05) is 45.0 Å². The molecule has 2 N–H and O–H groups in total. The summed E-state index contributed by atoms with van der Waals surface area (Å²) in [5.74, 6) is 2.49. The maximum absolute atomic E-state index is 12.7. The number of nitrogens with one attached hydrogen (secondary N) is 2. The summed E-state index contributed by atoms with van der Waals surface area (Å²) in [7, 11) is 3.19. The molecule has 8 heteroatoms. The zero-order valence-corrected chi connectivity index (χ0v) is 24.4. The monoisotopic (exact) mass is 554 g/mol. The van der Waals surface area contributed by atoms with Gasteiger partial charge in [-0.3, -0.25) is 9.88 Å². The van der Waals surface area contributed by atoms with Gasteiger partial charge in [0.1, 0.15) is 11.5 Å². The molecule has 3 aromatic carbocycles. The molecule has 1 aliphatic heterocycles. The summed E-state index contributed by atoms with van der Waals surface area (Å²) >= 11 is 0. The van der Waals surface area contributed by atoms with Gasteiger partial charge < -0.3 is 24.8 Å². The van der Waals surface area contributed by atoms with Crippen molar-refractivity contribution in [1.82, 2.24) is 15.2 Å². The van der Waals surface area contributed by atoms with Gasteiger partial charge in [0.15, 0.2) is 11.5 Å². The number of carbonyl (C=O) groups excluding carboxylic acids is 1. The van der Waals surface area contributed by atoms with E-state index in [-0.39, 0.29) is 17.5 Å². The van der Waals surface area contributed by atoms with Gasteiger partial charge in [-0.25, -0.2) is 4.79 Å². The summed E-state index contributed by atoms with van der Waals surface area (Å²) in [6.07, 6.45) is 2.62. The molecule has 214 valence electrons. The molecule has 1 atom stereocenters. The molecule has 1 fully saturated rings. The Bertz CT molecular complexity index is 1500. The lowest BCUT2D eigenvalue weighted by atomic mass is 9.87. The maximum atomic E-state index is 12.7. The largest absolute Gasteiger partial charge is 0.493 e. The lowest BCUT2D eigenvalue weighted by molar-refractivity contribution is 0.247. The Kier molecular flexibility index (Phi) is 8.31. The van der Waals surface area contributed by atoms with Crippen molar-refractivity contribution in [2.24, 2.45) is 0 Å². The Labute approximate surface area is 241 Å². The first-order chi connectivity index (χ1) is 19.7. The fraction of sp³-hybridized carbons (Fsp3) is 0.333. The van der Waals surface area contributed by atoms with E-state index in [2.05, 4.69) is 65.6 Å². The highest BCUT2D eigenvalue weighted by atomic mass is 16.5. The minimum absolute atomic E-state index is 0.113. The smallest absolute Gasteiger partial charge is 0.319 e. The Balaban J connectivity index is 1.13. The number of likely N-dealkylation sites (tertiary alicyclic amines) is 1. The van der Waals surface area contributed by atoms with Gasteiger partial charge in [0, 0.05) is 49.0 Å². The summed E-state index contributed by atoms with van der Waals surface area (Å²) in [6, 6.07) is 21.5. The van der Waals surface area contributed by atoms with E-state index in [1.165, 1.54) is 11.1 Å². The van der Waals surface area contributed by atoms with Crippen LogP contribution in [0.1, 0.15) is 38.3 Å². The van der Waals surface area contributed by atoms with Crippen molar-refractivity contribution in [2.45, 2.75) is 45.2 Å². The number of fused-ring (bicyclic) bond motifs is 1. The van der Waals surface area contributed by atoms with E-state index >= 15 is 0 Å². The maximum Gasteiger partial charge on any atom is 0.319 e. The number of amides is 2. The highest BCUT2D eigenvalue weighted by molar-refractivity contribution is 5.90. The number of carbonyl (C=O) groups is 1. The molecule has 1 saturated heterocycles. The first-order valence-corrected chi connectivity index (χ1v) is 13.9. The van der Waals surface area contributed by atoms with Crippen molar-refractivity contribution < 1.29 is 19.0 Å². The molecule has 0 spiro atoms. The predicted molar refractivity (Wildman–Crippen MR) is 162 cm³/mol. The minimum Gasteiger partial charge on any atom is -0.493 e. The number of nitrogens with zero attached hydrogens (tertiary/aromatic N) is 2. The summed E-state index contributed by atoms with van der Waals surface area (Å²) < 4.78 is 17.0. The lowest BCUT2D eigenvalue weighted by Crippen LogP contribution is -2.39. The molecule has 0 saturated carbocycles. The van der Waals surface area contributed by atoms with Crippen LogP contribution in [-0.2, 0) is 12.0 Å². The number of hydrogen-bond acceptors (Lipinski definition) is 6. The summed E-state index contributed by atoms with van der Waals surface area (Å²) in [5, 5.41) is 6.86. The molecule has 5 rings (SSSR count). The van der Waals surface area contributed by atoms with Gasteiger partial charge >= 0.3 is 6.03 Å². The van der Waals surface area contributed by atoms with Crippen LogP contribution < -0.4 is 24.8 Å². The van der Waals surface area contributed by atoms with Gasteiger partial charge in [-0.05, 0) is 59.4 Å². The van der Waals surface area contributed by atoms with E-state index in [4.69, 9.17) is 14.2 Å². The Morgan fingerprint density at radius 2 is 1.66 bits per heavy atom. The topological polar surface area (TPSA) is 85.0 Å². The van der Waals surface area contributed by atoms with Crippen molar-refractivity contribution in [3.05, 3.63) is 84.1 Å². The number of hydrogen-bond donors (Lipinski definition) is 2. The fourth-order valence-electron chi connectivity index (χ4n) is 5.08. The molecule has 41 heavy (non-hydrogen) atoms. The highest BCUT2D eigenvalue weighted by Crippen LogP contribution is 2.37. The minimum atomic E-state index is -0.207. The summed E-state index contributed by atoms with van der Waals surface area (Å²) in [6.45, 7) is 9.36. The number of rotatable bonds is 8. The van der Waals surface area contributed by atoms with Crippen molar-refractivity contribution in [3.63, 3.8) is 0 Å². The molecule has 1 unspecified atom stereocenters. The SMILES string of the molecule is COc1cc2nccc(Oc3ccc(NC(=O)NC4CCN(Cc5ccc(C(C)(C)C)cc5)C4)cc3)c2cc1OC. The third-order valence-electron chi connectivity index (χ3n) is 7.38. The van der Waals surface area contributed by atoms with Crippen LogP contribution in [0.5, 0.6) is 23.0 Å². The second kappa shape index (κ2) is 12.1.